The lowest BCUT2D eigenvalue weighted by molar-refractivity contribution is -0.138. The van der Waals surface area contributed by atoms with E-state index in [1.807, 2.05) is 0 Å². The second kappa shape index (κ2) is 7.17. The summed E-state index contributed by atoms with van der Waals surface area (Å²) in [7, 11) is 0. The summed E-state index contributed by atoms with van der Waals surface area (Å²) in [5.74, 6) is -0.149. The number of carboxylic acids is 1. The summed E-state index contributed by atoms with van der Waals surface area (Å²) < 4.78 is 0. The Hall–Kier alpha value is -0.260. The van der Waals surface area contributed by atoms with Crippen LogP contribution in [-0.4, -0.2) is 40.3 Å². The van der Waals surface area contributed by atoms with Crippen LogP contribution in [-0.2, 0) is 9.59 Å². The number of thioether (sulfide) groups is 1. The summed E-state index contributed by atoms with van der Waals surface area (Å²) >= 11 is 6.62. The van der Waals surface area contributed by atoms with Gasteiger partial charge in [-0.15, -0.1) is 11.6 Å². The molecule has 0 aromatic rings. The van der Waals surface area contributed by atoms with Crippen molar-refractivity contribution in [3.8, 4) is 0 Å². The van der Waals surface area contributed by atoms with E-state index in [1.54, 1.807) is 0 Å². The zero-order valence-electron chi connectivity index (χ0n) is 7.03. The van der Waals surface area contributed by atoms with Crippen LogP contribution in [0.25, 0.3) is 0 Å². The van der Waals surface area contributed by atoms with Crippen molar-refractivity contribution >= 4 is 35.1 Å². The Bertz CT molecular complexity index is 189. The molecule has 0 aromatic heterocycles. The summed E-state index contributed by atoms with van der Waals surface area (Å²) in [6.07, 6.45) is 0.371. The van der Waals surface area contributed by atoms with E-state index in [-0.39, 0.29) is 11.7 Å². The molecular formula is C7H12ClNO3S. The molecule has 0 radical (unpaired) electrons. The number of carboxylic acid groups (broad SMARTS) is 1. The second-order valence-electron chi connectivity index (χ2n) is 2.46. The molecule has 1 atom stereocenters. The molecule has 76 valence electrons. The number of alkyl halides is 1. The summed E-state index contributed by atoms with van der Waals surface area (Å²) in [6.45, 7) is 0. The van der Waals surface area contributed by atoms with Gasteiger partial charge in [-0.2, -0.15) is 11.8 Å². The molecule has 0 bridgehead atoms. The molecule has 0 unspecified atom stereocenters. The largest absolute Gasteiger partial charge is 0.480 e. The Kier molecular flexibility index (Phi) is 7.03. The number of carbonyl (C=O) groups is 2. The first-order valence-corrected chi connectivity index (χ1v) is 5.40. The van der Waals surface area contributed by atoms with Crippen molar-refractivity contribution in [3.05, 3.63) is 0 Å². The van der Waals surface area contributed by atoms with E-state index in [2.05, 4.69) is 0 Å². The number of Topliss-reactive ketones (excluding diaryl/α,β-unsaturated/α-hetero) is 1. The molecule has 0 aromatic carbocycles. The minimum absolute atomic E-state index is 0.0119. The first-order chi connectivity index (χ1) is 6.07. The molecule has 6 heteroatoms. The minimum Gasteiger partial charge on any atom is -0.480 e. The maximum atomic E-state index is 10.7. The maximum Gasteiger partial charge on any atom is 0.320 e. The first-order valence-electron chi connectivity index (χ1n) is 3.71. The fourth-order valence-electron chi connectivity index (χ4n) is 0.558. The average molecular weight is 226 g/mol. The Morgan fingerprint density at radius 2 is 2.15 bits per heavy atom. The summed E-state index contributed by atoms with van der Waals surface area (Å²) in [5.41, 5.74) is 5.24. The highest BCUT2D eigenvalue weighted by Gasteiger charge is 2.10. The summed E-state index contributed by atoms with van der Waals surface area (Å²) in [4.78, 5) is 21.0. The van der Waals surface area contributed by atoms with Gasteiger partial charge in [0.05, 0.1) is 11.6 Å². The molecule has 0 fully saturated rings. The van der Waals surface area contributed by atoms with E-state index in [1.165, 1.54) is 11.8 Å². The van der Waals surface area contributed by atoms with Gasteiger partial charge in [0.1, 0.15) is 6.04 Å². The molecule has 3 N–H and O–H groups in total. The number of aliphatic carboxylic acids is 1. The topological polar surface area (TPSA) is 80.4 Å². The van der Waals surface area contributed by atoms with Crippen LogP contribution in [0.15, 0.2) is 0 Å². The smallest absolute Gasteiger partial charge is 0.320 e. The third kappa shape index (κ3) is 6.86. The summed E-state index contributed by atoms with van der Waals surface area (Å²) in [6, 6.07) is -0.835. The highest BCUT2D eigenvalue weighted by atomic mass is 35.5. The molecule has 0 aliphatic heterocycles. The van der Waals surface area contributed by atoms with Gasteiger partial charge in [-0.1, -0.05) is 0 Å². The normalized spacial score (nSPS) is 12.5. The predicted octanol–water partition coefficient (Wildman–Crippen LogP) is 0.329. The van der Waals surface area contributed by atoms with Crippen LogP contribution in [0.1, 0.15) is 6.42 Å². The predicted molar refractivity (Wildman–Crippen MR) is 53.3 cm³/mol. The quantitative estimate of drug-likeness (QED) is 0.482. The lowest BCUT2D eigenvalue weighted by Gasteiger charge is -2.04. The number of hydrogen-bond donors (Lipinski definition) is 2. The van der Waals surface area contributed by atoms with Crippen molar-refractivity contribution < 1.29 is 14.7 Å². The zero-order chi connectivity index (χ0) is 10.3. The molecule has 0 heterocycles. The van der Waals surface area contributed by atoms with Crippen LogP contribution < -0.4 is 5.73 Å². The van der Waals surface area contributed by atoms with Crippen molar-refractivity contribution in [1.29, 1.82) is 0 Å². The molecular weight excluding hydrogens is 214 g/mol. The third-order valence-electron chi connectivity index (χ3n) is 1.30. The van der Waals surface area contributed by atoms with Gasteiger partial charge < -0.3 is 10.8 Å². The van der Waals surface area contributed by atoms with E-state index < -0.39 is 12.0 Å². The molecule has 0 saturated heterocycles. The third-order valence-corrected chi connectivity index (χ3v) is 2.65. The minimum atomic E-state index is -1.01. The number of rotatable bonds is 7. The highest BCUT2D eigenvalue weighted by molar-refractivity contribution is 7.99. The van der Waals surface area contributed by atoms with Crippen LogP contribution in [0.5, 0.6) is 0 Å². The molecule has 0 amide bonds. The number of halogens is 1. The van der Waals surface area contributed by atoms with E-state index in [0.29, 0.717) is 17.9 Å². The van der Waals surface area contributed by atoms with E-state index in [0.717, 1.165) is 0 Å². The van der Waals surface area contributed by atoms with Gasteiger partial charge in [0.25, 0.3) is 0 Å². The van der Waals surface area contributed by atoms with Gasteiger partial charge in [0, 0.05) is 0 Å². The van der Waals surface area contributed by atoms with Gasteiger partial charge >= 0.3 is 5.97 Å². The number of carbonyl (C=O) groups excluding carboxylic acids is 1. The first kappa shape index (κ1) is 12.7. The lowest BCUT2D eigenvalue weighted by atomic mass is 10.2. The van der Waals surface area contributed by atoms with E-state index in [4.69, 9.17) is 22.4 Å². The van der Waals surface area contributed by atoms with Gasteiger partial charge in [-0.05, 0) is 12.2 Å². The number of nitrogens with two attached hydrogens (primary N) is 1. The Morgan fingerprint density at radius 3 is 2.62 bits per heavy atom. The average Bonchev–Trinajstić information content (AvgIpc) is 2.11. The molecule has 4 nitrogen and oxygen atoms in total. The van der Waals surface area contributed by atoms with Crippen LogP contribution in [0.2, 0.25) is 0 Å². The van der Waals surface area contributed by atoms with Crippen molar-refractivity contribution in [1.82, 2.24) is 0 Å². The summed E-state index contributed by atoms with van der Waals surface area (Å²) in [5, 5.41) is 8.41. The number of ketones is 1. The van der Waals surface area contributed by atoms with Gasteiger partial charge in [-0.3, -0.25) is 9.59 Å². The molecule has 0 saturated carbocycles. The molecule has 0 aliphatic carbocycles. The molecule has 0 rings (SSSR count). The lowest BCUT2D eigenvalue weighted by Crippen LogP contribution is -2.30. The highest BCUT2D eigenvalue weighted by Crippen LogP contribution is 2.04. The van der Waals surface area contributed by atoms with Crippen molar-refractivity contribution in [2.45, 2.75) is 12.5 Å². The Morgan fingerprint density at radius 1 is 1.54 bits per heavy atom. The molecule has 13 heavy (non-hydrogen) atoms. The van der Waals surface area contributed by atoms with Gasteiger partial charge in [0.15, 0.2) is 5.78 Å². The SMILES string of the molecule is N[C@H](CCSCC(=O)CCl)C(=O)O. The van der Waals surface area contributed by atoms with Gasteiger partial charge in [0.2, 0.25) is 0 Å². The standard InChI is InChI=1S/C7H12ClNO3S/c8-3-5(10)4-13-2-1-6(9)7(11)12/h6H,1-4,9H2,(H,11,12)/t6-/m1/s1. The van der Waals surface area contributed by atoms with Crippen LogP contribution in [0.3, 0.4) is 0 Å². The Balaban J connectivity index is 3.35. The van der Waals surface area contributed by atoms with E-state index >= 15 is 0 Å². The van der Waals surface area contributed by atoms with Crippen molar-refractivity contribution in [3.63, 3.8) is 0 Å². The van der Waals surface area contributed by atoms with Crippen LogP contribution in [0.4, 0.5) is 0 Å². The van der Waals surface area contributed by atoms with Gasteiger partial charge in [-0.25, -0.2) is 0 Å². The maximum absolute atomic E-state index is 10.7. The molecule has 0 spiro atoms. The van der Waals surface area contributed by atoms with Crippen molar-refractivity contribution in [2.75, 3.05) is 17.4 Å². The van der Waals surface area contributed by atoms with Crippen LogP contribution in [0, 0.1) is 0 Å². The van der Waals surface area contributed by atoms with Crippen LogP contribution >= 0.6 is 23.4 Å². The fraction of sp³-hybridized carbons (Fsp3) is 0.714. The number of hydrogen-bond acceptors (Lipinski definition) is 4. The monoisotopic (exact) mass is 225 g/mol. The zero-order valence-corrected chi connectivity index (χ0v) is 8.61. The fourth-order valence-corrected chi connectivity index (χ4v) is 1.66. The van der Waals surface area contributed by atoms with E-state index in [9.17, 15) is 9.59 Å². The molecule has 0 aliphatic rings. The second-order valence-corrected chi connectivity index (χ2v) is 3.83. The van der Waals surface area contributed by atoms with Crippen molar-refractivity contribution in [2.24, 2.45) is 5.73 Å². The Labute approximate surface area is 85.8 Å².